The second-order valence-corrected chi connectivity index (χ2v) is 5.79. The smallest absolute Gasteiger partial charge is 0.414 e. The van der Waals surface area contributed by atoms with Crippen LogP contribution < -0.4 is 15.1 Å². The van der Waals surface area contributed by atoms with E-state index in [1.807, 2.05) is 4.90 Å². The monoisotopic (exact) mass is 337 g/mol. The molecule has 2 fully saturated rings. The van der Waals surface area contributed by atoms with Crippen molar-refractivity contribution < 1.29 is 23.5 Å². The van der Waals surface area contributed by atoms with Gasteiger partial charge in [-0.3, -0.25) is 9.69 Å². The Hall–Kier alpha value is -2.35. The van der Waals surface area contributed by atoms with Crippen LogP contribution in [0.3, 0.4) is 0 Å². The summed E-state index contributed by atoms with van der Waals surface area (Å²) < 4.78 is 24.9. The summed E-state index contributed by atoms with van der Waals surface area (Å²) in [6, 6.07) is 4.80. The van der Waals surface area contributed by atoms with Crippen LogP contribution in [0.4, 0.5) is 20.6 Å². The van der Waals surface area contributed by atoms with Gasteiger partial charge in [0.1, 0.15) is 11.9 Å². The molecule has 7 nitrogen and oxygen atoms in total. The Kier molecular flexibility index (Phi) is 4.84. The van der Waals surface area contributed by atoms with E-state index < -0.39 is 18.0 Å². The van der Waals surface area contributed by atoms with Crippen molar-refractivity contribution in [1.29, 1.82) is 0 Å². The largest absolute Gasteiger partial charge is 0.442 e. The first-order chi connectivity index (χ1) is 11.5. The summed E-state index contributed by atoms with van der Waals surface area (Å²) >= 11 is 0. The summed E-state index contributed by atoms with van der Waals surface area (Å²) in [5, 5.41) is 2.59. The molecule has 1 aromatic carbocycles. The number of benzene rings is 1. The Morgan fingerprint density at radius 3 is 2.79 bits per heavy atom. The number of morpholine rings is 1. The Morgan fingerprint density at radius 1 is 1.38 bits per heavy atom. The summed E-state index contributed by atoms with van der Waals surface area (Å²) in [5.74, 6) is -0.679. The van der Waals surface area contributed by atoms with Gasteiger partial charge in [0.2, 0.25) is 5.91 Å². The van der Waals surface area contributed by atoms with Crippen molar-refractivity contribution in [1.82, 2.24) is 5.32 Å². The van der Waals surface area contributed by atoms with E-state index in [1.54, 1.807) is 12.1 Å². The van der Waals surface area contributed by atoms with Gasteiger partial charge in [-0.15, -0.1) is 0 Å². The highest BCUT2D eigenvalue weighted by molar-refractivity contribution is 5.90. The first-order valence-electron chi connectivity index (χ1n) is 7.89. The van der Waals surface area contributed by atoms with Crippen LogP contribution in [0.25, 0.3) is 0 Å². The van der Waals surface area contributed by atoms with Gasteiger partial charge in [0, 0.05) is 25.7 Å². The molecule has 2 saturated heterocycles. The number of carbonyl (C=O) groups excluding carboxylic acids is 2. The number of hydrogen-bond donors (Lipinski definition) is 1. The van der Waals surface area contributed by atoms with Gasteiger partial charge in [0.05, 0.1) is 32.0 Å². The van der Waals surface area contributed by atoms with Gasteiger partial charge < -0.3 is 19.7 Å². The lowest BCUT2D eigenvalue weighted by Gasteiger charge is -2.29. The van der Waals surface area contributed by atoms with Crippen LogP contribution in [0, 0.1) is 5.82 Å². The molecule has 24 heavy (non-hydrogen) atoms. The molecule has 0 aromatic heterocycles. The summed E-state index contributed by atoms with van der Waals surface area (Å²) in [6.07, 6.45) is -1.09. The van der Waals surface area contributed by atoms with Crippen LogP contribution in [0.2, 0.25) is 0 Å². The van der Waals surface area contributed by atoms with Crippen molar-refractivity contribution in [2.45, 2.75) is 13.0 Å². The molecule has 130 valence electrons. The highest BCUT2D eigenvalue weighted by Crippen LogP contribution is 2.28. The zero-order chi connectivity index (χ0) is 17.1. The number of nitrogens with zero attached hydrogens (tertiary/aromatic N) is 2. The van der Waals surface area contributed by atoms with E-state index >= 15 is 0 Å². The molecule has 0 saturated carbocycles. The lowest BCUT2D eigenvalue weighted by atomic mass is 10.2. The first kappa shape index (κ1) is 16.5. The third-order valence-corrected chi connectivity index (χ3v) is 4.05. The number of rotatable bonds is 4. The fourth-order valence-electron chi connectivity index (χ4n) is 2.82. The fraction of sp³-hybridized carbons (Fsp3) is 0.500. The molecule has 2 aliphatic rings. The molecule has 0 radical (unpaired) electrons. The summed E-state index contributed by atoms with van der Waals surface area (Å²) in [4.78, 5) is 26.2. The second kappa shape index (κ2) is 7.04. The van der Waals surface area contributed by atoms with Gasteiger partial charge in [-0.05, 0) is 18.2 Å². The van der Waals surface area contributed by atoms with Gasteiger partial charge in [-0.1, -0.05) is 0 Å². The summed E-state index contributed by atoms with van der Waals surface area (Å²) in [5.41, 5.74) is 0.948. The normalized spacial score (nSPS) is 20.9. The Bertz CT molecular complexity index is 634. The number of ether oxygens (including phenoxy) is 2. The molecule has 8 heteroatoms. The van der Waals surface area contributed by atoms with E-state index in [4.69, 9.17) is 9.47 Å². The molecule has 1 unspecified atom stereocenters. The van der Waals surface area contributed by atoms with Crippen molar-refractivity contribution >= 4 is 23.4 Å². The predicted octanol–water partition coefficient (Wildman–Crippen LogP) is 1.12. The molecule has 1 N–H and O–H groups in total. The third-order valence-electron chi connectivity index (χ3n) is 4.05. The topological polar surface area (TPSA) is 71.1 Å². The van der Waals surface area contributed by atoms with Crippen molar-refractivity contribution in [2.75, 3.05) is 49.2 Å². The van der Waals surface area contributed by atoms with Gasteiger partial charge in [-0.2, -0.15) is 0 Å². The molecule has 2 heterocycles. The quantitative estimate of drug-likeness (QED) is 0.892. The number of cyclic esters (lactones) is 1. The minimum Gasteiger partial charge on any atom is -0.442 e. The van der Waals surface area contributed by atoms with Gasteiger partial charge in [-0.25, -0.2) is 9.18 Å². The maximum Gasteiger partial charge on any atom is 0.414 e. The van der Waals surface area contributed by atoms with Crippen molar-refractivity contribution in [3.05, 3.63) is 24.0 Å². The lowest BCUT2D eigenvalue weighted by molar-refractivity contribution is -0.119. The Labute approximate surface area is 139 Å². The van der Waals surface area contributed by atoms with E-state index in [2.05, 4.69) is 5.32 Å². The number of nitrogens with one attached hydrogen (secondary N) is 1. The van der Waals surface area contributed by atoms with E-state index in [-0.39, 0.29) is 24.7 Å². The number of carbonyl (C=O) groups is 2. The number of amides is 2. The number of anilines is 2. The molecule has 1 atom stereocenters. The van der Waals surface area contributed by atoms with Crippen LogP contribution in [0.15, 0.2) is 18.2 Å². The third kappa shape index (κ3) is 3.59. The molecule has 1 aromatic rings. The Balaban J connectivity index is 1.70. The van der Waals surface area contributed by atoms with Crippen molar-refractivity contribution in [2.24, 2.45) is 0 Å². The molecule has 2 amide bonds. The number of halogens is 1. The zero-order valence-corrected chi connectivity index (χ0v) is 13.5. The van der Waals surface area contributed by atoms with E-state index in [9.17, 15) is 14.0 Å². The van der Waals surface area contributed by atoms with Gasteiger partial charge in [0.25, 0.3) is 0 Å². The van der Waals surface area contributed by atoms with E-state index in [0.717, 1.165) is 5.69 Å². The number of hydrogen-bond acceptors (Lipinski definition) is 5. The Morgan fingerprint density at radius 2 is 2.12 bits per heavy atom. The molecule has 0 spiro atoms. The molecule has 0 aliphatic carbocycles. The predicted molar refractivity (Wildman–Crippen MR) is 85.7 cm³/mol. The second-order valence-electron chi connectivity index (χ2n) is 5.79. The SMILES string of the molecule is CC(=O)NCC1CN(c2ccc(N3CCOCC3)cc2F)C(=O)O1. The minimum atomic E-state index is -0.608. The molecule has 3 rings (SSSR count). The maximum atomic E-state index is 14.5. The highest BCUT2D eigenvalue weighted by Gasteiger charge is 2.34. The molecule has 0 bridgehead atoms. The van der Waals surface area contributed by atoms with Crippen molar-refractivity contribution in [3.8, 4) is 0 Å². The average molecular weight is 337 g/mol. The minimum absolute atomic E-state index is 0.183. The fourth-order valence-corrected chi connectivity index (χ4v) is 2.82. The highest BCUT2D eigenvalue weighted by atomic mass is 19.1. The average Bonchev–Trinajstić information content (AvgIpc) is 2.94. The van der Waals surface area contributed by atoms with Crippen LogP contribution >= 0.6 is 0 Å². The molecule has 2 aliphatic heterocycles. The van der Waals surface area contributed by atoms with Crippen molar-refractivity contribution in [3.63, 3.8) is 0 Å². The first-order valence-corrected chi connectivity index (χ1v) is 7.89. The van der Waals surface area contributed by atoms with Crippen LogP contribution in [0.5, 0.6) is 0 Å². The summed E-state index contributed by atoms with van der Waals surface area (Å²) in [6.45, 7) is 4.46. The molecular formula is C16H20FN3O4. The van der Waals surface area contributed by atoms with Crippen LogP contribution in [0.1, 0.15) is 6.92 Å². The van der Waals surface area contributed by atoms with Crippen LogP contribution in [-0.2, 0) is 14.3 Å². The van der Waals surface area contributed by atoms with E-state index in [1.165, 1.54) is 17.9 Å². The maximum absolute atomic E-state index is 14.5. The standard InChI is InChI=1S/C16H20FN3O4/c1-11(21)18-9-13-10-20(16(22)24-13)15-3-2-12(8-14(15)17)19-4-6-23-7-5-19/h2-3,8,13H,4-7,9-10H2,1H3,(H,18,21). The summed E-state index contributed by atoms with van der Waals surface area (Å²) in [7, 11) is 0. The molecular weight excluding hydrogens is 317 g/mol. The van der Waals surface area contributed by atoms with E-state index in [0.29, 0.717) is 26.3 Å². The van der Waals surface area contributed by atoms with Gasteiger partial charge in [0.15, 0.2) is 0 Å². The lowest BCUT2D eigenvalue weighted by Crippen LogP contribution is -2.36. The van der Waals surface area contributed by atoms with Gasteiger partial charge >= 0.3 is 6.09 Å². The van der Waals surface area contributed by atoms with Crippen LogP contribution in [-0.4, -0.2) is 57.5 Å². The zero-order valence-electron chi connectivity index (χ0n) is 13.5.